The minimum Gasteiger partial charge on any atom is -0.490 e. The Labute approximate surface area is 155 Å². The summed E-state index contributed by atoms with van der Waals surface area (Å²) in [6.07, 6.45) is 0.492. The number of carbonyl (C=O) groups excluding carboxylic acids is 1. The first kappa shape index (κ1) is 16.8. The summed E-state index contributed by atoms with van der Waals surface area (Å²) in [6, 6.07) is 16.9. The van der Waals surface area contributed by atoms with Gasteiger partial charge < -0.3 is 13.6 Å². The first-order valence-electron chi connectivity index (χ1n) is 8.56. The van der Waals surface area contributed by atoms with E-state index >= 15 is 0 Å². The molecule has 1 N–H and O–H groups in total. The maximum absolute atomic E-state index is 12.4. The summed E-state index contributed by atoms with van der Waals surface area (Å²) in [6.45, 7) is 2.39. The molecule has 0 spiro atoms. The summed E-state index contributed by atoms with van der Waals surface area (Å²) in [5.74, 6) is 0.681. The molecule has 7 nitrogen and oxygen atoms in total. The number of nitrogens with zero attached hydrogens (tertiary/aromatic N) is 2. The van der Waals surface area contributed by atoms with E-state index in [4.69, 9.17) is 13.6 Å². The summed E-state index contributed by atoms with van der Waals surface area (Å²) in [7, 11) is 0. The van der Waals surface area contributed by atoms with Gasteiger partial charge in [0.1, 0.15) is 0 Å². The SMILES string of the molecule is CCOc1cccc2cc(C(=O)Nc3nnc(Cc4ccccc4)o3)oc12. The van der Waals surface area contributed by atoms with Crippen molar-refractivity contribution in [1.82, 2.24) is 10.2 Å². The molecule has 2 aromatic carbocycles. The quantitative estimate of drug-likeness (QED) is 0.556. The van der Waals surface area contributed by atoms with E-state index in [0.717, 1.165) is 10.9 Å². The maximum Gasteiger partial charge on any atom is 0.322 e. The van der Waals surface area contributed by atoms with Crippen molar-refractivity contribution in [3.63, 3.8) is 0 Å². The molecule has 2 heterocycles. The zero-order chi connectivity index (χ0) is 18.6. The van der Waals surface area contributed by atoms with Crippen LogP contribution in [0.25, 0.3) is 11.0 Å². The predicted molar refractivity (Wildman–Crippen MR) is 98.9 cm³/mol. The van der Waals surface area contributed by atoms with Gasteiger partial charge in [0.15, 0.2) is 17.1 Å². The molecule has 0 saturated carbocycles. The number of carbonyl (C=O) groups is 1. The number of hydrogen-bond acceptors (Lipinski definition) is 6. The molecule has 0 aliphatic carbocycles. The first-order chi connectivity index (χ1) is 13.2. The number of anilines is 1. The third-order valence-corrected chi connectivity index (χ3v) is 3.92. The Morgan fingerprint density at radius 2 is 1.93 bits per heavy atom. The largest absolute Gasteiger partial charge is 0.490 e. The molecule has 0 fully saturated rings. The molecule has 136 valence electrons. The highest BCUT2D eigenvalue weighted by Crippen LogP contribution is 2.29. The second kappa shape index (κ2) is 7.33. The van der Waals surface area contributed by atoms with Crippen LogP contribution in [0.2, 0.25) is 0 Å². The summed E-state index contributed by atoms with van der Waals surface area (Å²) in [5, 5.41) is 11.2. The second-order valence-corrected chi connectivity index (χ2v) is 5.84. The van der Waals surface area contributed by atoms with Crippen LogP contribution in [0.15, 0.2) is 63.4 Å². The van der Waals surface area contributed by atoms with Gasteiger partial charge in [0.05, 0.1) is 13.0 Å². The zero-order valence-corrected chi connectivity index (χ0v) is 14.6. The van der Waals surface area contributed by atoms with Crippen LogP contribution in [0.5, 0.6) is 5.75 Å². The number of fused-ring (bicyclic) bond motifs is 1. The van der Waals surface area contributed by atoms with Crippen molar-refractivity contribution in [2.24, 2.45) is 0 Å². The fraction of sp³-hybridized carbons (Fsp3) is 0.150. The molecule has 4 aromatic rings. The Hall–Kier alpha value is -3.61. The third kappa shape index (κ3) is 3.67. The molecule has 27 heavy (non-hydrogen) atoms. The number of nitrogens with one attached hydrogen (secondary N) is 1. The molecule has 0 unspecified atom stereocenters. The van der Waals surface area contributed by atoms with Crippen LogP contribution >= 0.6 is 0 Å². The van der Waals surface area contributed by atoms with Gasteiger partial charge in [0, 0.05) is 5.39 Å². The number of furan rings is 1. The molecule has 1 amide bonds. The fourth-order valence-corrected chi connectivity index (χ4v) is 2.72. The van der Waals surface area contributed by atoms with E-state index < -0.39 is 5.91 Å². The van der Waals surface area contributed by atoms with Crippen molar-refractivity contribution in [3.05, 3.63) is 71.8 Å². The van der Waals surface area contributed by atoms with Gasteiger partial charge in [-0.25, -0.2) is 0 Å². The Bertz CT molecular complexity index is 1070. The van der Waals surface area contributed by atoms with Gasteiger partial charge in [-0.2, -0.15) is 0 Å². The number of para-hydroxylation sites is 1. The Morgan fingerprint density at radius 1 is 1.07 bits per heavy atom. The average Bonchev–Trinajstić information content (AvgIpc) is 3.30. The number of amides is 1. The molecule has 0 aliphatic rings. The van der Waals surface area contributed by atoms with Crippen molar-refractivity contribution in [1.29, 1.82) is 0 Å². The lowest BCUT2D eigenvalue weighted by Crippen LogP contribution is -2.11. The normalized spacial score (nSPS) is 10.9. The monoisotopic (exact) mass is 363 g/mol. The fourth-order valence-electron chi connectivity index (χ4n) is 2.72. The molecule has 4 rings (SSSR count). The minimum atomic E-state index is -0.469. The maximum atomic E-state index is 12.4. The van der Waals surface area contributed by atoms with E-state index in [2.05, 4.69) is 15.5 Å². The smallest absolute Gasteiger partial charge is 0.322 e. The van der Waals surface area contributed by atoms with Gasteiger partial charge >= 0.3 is 6.01 Å². The van der Waals surface area contributed by atoms with Crippen molar-refractivity contribution in [2.45, 2.75) is 13.3 Å². The second-order valence-electron chi connectivity index (χ2n) is 5.84. The zero-order valence-electron chi connectivity index (χ0n) is 14.6. The molecule has 0 radical (unpaired) electrons. The van der Waals surface area contributed by atoms with E-state index in [1.165, 1.54) is 0 Å². The Balaban J connectivity index is 1.49. The van der Waals surface area contributed by atoms with Gasteiger partial charge in [-0.3, -0.25) is 10.1 Å². The van der Waals surface area contributed by atoms with Crippen LogP contribution in [0.4, 0.5) is 6.01 Å². The van der Waals surface area contributed by atoms with Gasteiger partial charge in [0.25, 0.3) is 5.91 Å². The lowest BCUT2D eigenvalue weighted by molar-refractivity contribution is 0.0995. The molecule has 0 bridgehead atoms. The van der Waals surface area contributed by atoms with Crippen molar-refractivity contribution in [3.8, 4) is 5.75 Å². The van der Waals surface area contributed by atoms with Gasteiger partial charge in [0.2, 0.25) is 5.89 Å². The summed E-state index contributed by atoms with van der Waals surface area (Å²) >= 11 is 0. The highest BCUT2D eigenvalue weighted by Gasteiger charge is 2.17. The van der Waals surface area contributed by atoms with Crippen LogP contribution in [-0.4, -0.2) is 22.7 Å². The van der Waals surface area contributed by atoms with Gasteiger partial charge in [-0.05, 0) is 24.6 Å². The topological polar surface area (TPSA) is 90.4 Å². The molecular weight excluding hydrogens is 346 g/mol. The van der Waals surface area contributed by atoms with Gasteiger partial charge in [-0.1, -0.05) is 47.6 Å². The van der Waals surface area contributed by atoms with Crippen LogP contribution in [0.1, 0.15) is 28.9 Å². The van der Waals surface area contributed by atoms with E-state index in [1.807, 2.05) is 49.4 Å². The molecule has 2 aromatic heterocycles. The summed E-state index contributed by atoms with van der Waals surface area (Å²) in [4.78, 5) is 12.4. The minimum absolute atomic E-state index is 0.0245. The number of hydrogen-bond donors (Lipinski definition) is 1. The predicted octanol–water partition coefficient (Wildman–Crippen LogP) is 4.06. The van der Waals surface area contributed by atoms with Crippen molar-refractivity contribution < 1.29 is 18.4 Å². The van der Waals surface area contributed by atoms with Crippen molar-refractivity contribution in [2.75, 3.05) is 11.9 Å². The molecule has 0 saturated heterocycles. The van der Waals surface area contributed by atoms with E-state index in [-0.39, 0.29) is 11.8 Å². The first-order valence-corrected chi connectivity index (χ1v) is 8.56. The summed E-state index contributed by atoms with van der Waals surface area (Å²) in [5.41, 5.74) is 1.57. The average molecular weight is 363 g/mol. The van der Waals surface area contributed by atoms with Crippen LogP contribution < -0.4 is 10.1 Å². The van der Waals surface area contributed by atoms with Crippen LogP contribution in [0.3, 0.4) is 0 Å². The van der Waals surface area contributed by atoms with E-state index in [9.17, 15) is 4.79 Å². The molecular formula is C20H17N3O4. The lowest BCUT2D eigenvalue weighted by Gasteiger charge is -2.02. The van der Waals surface area contributed by atoms with Gasteiger partial charge in [-0.15, -0.1) is 5.10 Å². The summed E-state index contributed by atoms with van der Waals surface area (Å²) < 4.78 is 16.7. The van der Waals surface area contributed by atoms with Crippen molar-refractivity contribution >= 4 is 22.9 Å². The number of aromatic nitrogens is 2. The number of rotatable bonds is 6. The number of benzene rings is 2. The Morgan fingerprint density at radius 3 is 2.74 bits per heavy atom. The molecule has 0 atom stereocenters. The lowest BCUT2D eigenvalue weighted by atomic mass is 10.2. The molecule has 7 heteroatoms. The van der Waals surface area contributed by atoms with Crippen LogP contribution in [-0.2, 0) is 6.42 Å². The highest BCUT2D eigenvalue weighted by atomic mass is 16.5. The third-order valence-electron chi connectivity index (χ3n) is 3.92. The van der Waals surface area contributed by atoms with Crippen LogP contribution in [0, 0.1) is 0 Å². The molecule has 0 aliphatic heterocycles. The highest BCUT2D eigenvalue weighted by molar-refractivity contribution is 6.04. The standard InChI is InChI=1S/C20H17N3O4/c1-2-25-15-10-6-9-14-12-16(26-18(14)15)19(24)21-20-23-22-17(27-20)11-13-7-4-3-5-8-13/h3-10,12H,2,11H2,1H3,(H,21,23,24). The number of ether oxygens (including phenoxy) is 1. The Kier molecular flexibility index (Phi) is 4.57. The van der Waals surface area contributed by atoms with E-state index in [0.29, 0.717) is 30.3 Å². The van der Waals surface area contributed by atoms with E-state index in [1.54, 1.807) is 12.1 Å².